The van der Waals surface area contributed by atoms with E-state index in [2.05, 4.69) is 29.0 Å². The Morgan fingerprint density at radius 2 is 2.04 bits per heavy atom. The van der Waals surface area contributed by atoms with Gasteiger partial charge in [0.05, 0.1) is 0 Å². The van der Waals surface area contributed by atoms with E-state index in [0.717, 1.165) is 25.6 Å². The Labute approximate surface area is 147 Å². The highest BCUT2D eigenvalue weighted by atomic mass is 16.2. The number of amides is 1. The van der Waals surface area contributed by atoms with E-state index in [-0.39, 0.29) is 11.6 Å². The molecule has 0 radical (unpaired) electrons. The highest BCUT2D eigenvalue weighted by molar-refractivity contribution is 5.93. The Hall–Kier alpha value is -1.89. The number of hydrogen-bond donors (Lipinski definition) is 2. The summed E-state index contributed by atoms with van der Waals surface area (Å²) in [5.41, 5.74) is -1.16. The lowest BCUT2D eigenvalue weighted by Gasteiger charge is -2.30. The monoisotopic (exact) mass is 348 g/mol. The van der Waals surface area contributed by atoms with Crippen molar-refractivity contribution >= 4 is 5.91 Å². The van der Waals surface area contributed by atoms with E-state index in [0.29, 0.717) is 11.8 Å². The number of rotatable bonds is 5. The summed E-state index contributed by atoms with van der Waals surface area (Å²) >= 11 is 0. The Kier molecular flexibility index (Phi) is 5.13. The average molecular weight is 348 g/mol. The standard InChI is InChI=1S/C18H28N4O3/c1-11(2)13-9-22(7-12-5-4-6-12)10-15(13)19-16(23)14-8-21(3)18(25)20-17(14)24/h8,11-13,15H,4-7,9-10H2,1-3H3,(H,19,23)(H,20,24,25)/t13-,15+/m1/s1. The fraction of sp³-hybridized carbons (Fsp3) is 0.722. The van der Waals surface area contributed by atoms with Crippen LogP contribution in [0, 0.1) is 17.8 Å². The van der Waals surface area contributed by atoms with E-state index in [1.165, 1.54) is 37.1 Å². The van der Waals surface area contributed by atoms with Crippen LogP contribution in [-0.2, 0) is 7.05 Å². The van der Waals surface area contributed by atoms with E-state index in [1.54, 1.807) is 0 Å². The van der Waals surface area contributed by atoms with Gasteiger partial charge in [0.2, 0.25) is 0 Å². The Morgan fingerprint density at radius 1 is 1.32 bits per heavy atom. The third kappa shape index (κ3) is 3.86. The number of aromatic amines is 1. The van der Waals surface area contributed by atoms with Crippen LogP contribution in [0.5, 0.6) is 0 Å². The molecule has 2 heterocycles. The van der Waals surface area contributed by atoms with E-state index < -0.39 is 17.2 Å². The van der Waals surface area contributed by atoms with Gasteiger partial charge in [-0.25, -0.2) is 4.79 Å². The number of hydrogen-bond acceptors (Lipinski definition) is 4. The summed E-state index contributed by atoms with van der Waals surface area (Å²) in [6.45, 7) is 7.28. The minimum atomic E-state index is -0.633. The van der Waals surface area contributed by atoms with Crippen molar-refractivity contribution in [1.29, 1.82) is 0 Å². The van der Waals surface area contributed by atoms with Crippen molar-refractivity contribution < 1.29 is 4.79 Å². The number of H-pyrrole nitrogens is 1. The van der Waals surface area contributed by atoms with Gasteiger partial charge in [-0.1, -0.05) is 20.3 Å². The van der Waals surface area contributed by atoms with Gasteiger partial charge in [0.25, 0.3) is 11.5 Å². The molecule has 1 aromatic heterocycles. The molecule has 25 heavy (non-hydrogen) atoms. The topological polar surface area (TPSA) is 87.2 Å². The first-order chi connectivity index (χ1) is 11.8. The van der Waals surface area contributed by atoms with Gasteiger partial charge in [0.1, 0.15) is 5.56 Å². The van der Waals surface area contributed by atoms with Crippen LogP contribution in [0.1, 0.15) is 43.5 Å². The SMILES string of the molecule is CC(C)[C@H]1CN(CC2CCC2)C[C@@H]1NC(=O)c1cn(C)c(=O)[nH]c1=O. The highest BCUT2D eigenvalue weighted by Crippen LogP contribution is 2.31. The third-order valence-corrected chi connectivity index (χ3v) is 5.71. The number of carbonyl (C=O) groups excluding carboxylic acids is 1. The summed E-state index contributed by atoms with van der Waals surface area (Å²) in [5.74, 6) is 1.22. The number of aromatic nitrogens is 2. The third-order valence-electron chi connectivity index (χ3n) is 5.71. The zero-order chi connectivity index (χ0) is 18.1. The lowest BCUT2D eigenvalue weighted by atomic mass is 9.85. The van der Waals surface area contributed by atoms with Gasteiger partial charge in [-0.3, -0.25) is 14.6 Å². The van der Waals surface area contributed by atoms with Crippen LogP contribution >= 0.6 is 0 Å². The Bertz CT molecular complexity index is 747. The van der Waals surface area contributed by atoms with Gasteiger partial charge in [-0.2, -0.15) is 0 Å². The summed E-state index contributed by atoms with van der Waals surface area (Å²) in [6, 6.07) is 0.0317. The van der Waals surface area contributed by atoms with E-state index in [1.807, 2.05) is 0 Å². The molecule has 1 aliphatic carbocycles. The normalized spacial score (nSPS) is 24.5. The second-order valence-electron chi connectivity index (χ2n) is 7.92. The van der Waals surface area contributed by atoms with Crippen molar-refractivity contribution in [2.24, 2.45) is 24.8 Å². The molecule has 1 amide bonds. The van der Waals surface area contributed by atoms with E-state index >= 15 is 0 Å². The van der Waals surface area contributed by atoms with E-state index in [4.69, 9.17) is 0 Å². The number of aryl methyl sites for hydroxylation is 1. The van der Waals surface area contributed by atoms with Crippen LogP contribution in [0.4, 0.5) is 0 Å². The van der Waals surface area contributed by atoms with Gasteiger partial charge >= 0.3 is 5.69 Å². The summed E-state index contributed by atoms with van der Waals surface area (Å²) in [7, 11) is 1.52. The quantitative estimate of drug-likeness (QED) is 0.814. The molecular formula is C18H28N4O3. The second kappa shape index (κ2) is 7.15. The van der Waals surface area contributed by atoms with Crippen LogP contribution in [-0.4, -0.2) is 46.0 Å². The molecule has 7 nitrogen and oxygen atoms in total. The zero-order valence-corrected chi connectivity index (χ0v) is 15.2. The van der Waals surface area contributed by atoms with Crippen molar-refractivity contribution in [3.8, 4) is 0 Å². The van der Waals surface area contributed by atoms with Gasteiger partial charge in [-0.15, -0.1) is 0 Å². The van der Waals surface area contributed by atoms with Crippen molar-refractivity contribution in [3.63, 3.8) is 0 Å². The fourth-order valence-electron chi connectivity index (χ4n) is 3.90. The number of nitrogens with one attached hydrogen (secondary N) is 2. The van der Waals surface area contributed by atoms with Crippen molar-refractivity contribution in [2.75, 3.05) is 19.6 Å². The molecule has 1 saturated carbocycles. The van der Waals surface area contributed by atoms with Gasteiger partial charge < -0.3 is 14.8 Å². The minimum Gasteiger partial charge on any atom is -0.347 e. The molecule has 2 fully saturated rings. The van der Waals surface area contributed by atoms with Crippen LogP contribution in [0.25, 0.3) is 0 Å². The Morgan fingerprint density at radius 3 is 2.64 bits per heavy atom. The molecule has 0 bridgehead atoms. The predicted molar refractivity (Wildman–Crippen MR) is 95.7 cm³/mol. The first-order valence-corrected chi connectivity index (χ1v) is 9.18. The lowest BCUT2D eigenvalue weighted by molar-refractivity contribution is 0.0922. The first-order valence-electron chi connectivity index (χ1n) is 9.18. The molecule has 7 heteroatoms. The molecule has 1 aliphatic heterocycles. The summed E-state index contributed by atoms with van der Waals surface area (Å²) in [5, 5.41) is 3.04. The van der Waals surface area contributed by atoms with Crippen LogP contribution < -0.4 is 16.6 Å². The fourth-order valence-corrected chi connectivity index (χ4v) is 3.90. The molecule has 2 aliphatic rings. The molecule has 0 aromatic carbocycles. The molecule has 2 N–H and O–H groups in total. The smallest absolute Gasteiger partial charge is 0.328 e. The van der Waals surface area contributed by atoms with Gasteiger partial charge in [0.15, 0.2) is 0 Å². The second-order valence-corrected chi connectivity index (χ2v) is 7.92. The van der Waals surface area contributed by atoms with Crippen LogP contribution in [0.15, 0.2) is 15.8 Å². The average Bonchev–Trinajstić information content (AvgIpc) is 2.89. The maximum atomic E-state index is 12.6. The summed E-state index contributed by atoms with van der Waals surface area (Å²) in [4.78, 5) is 40.6. The number of carbonyl (C=O) groups is 1. The molecule has 3 rings (SSSR count). The zero-order valence-electron chi connectivity index (χ0n) is 15.2. The van der Waals surface area contributed by atoms with Crippen molar-refractivity contribution in [2.45, 2.75) is 39.2 Å². The minimum absolute atomic E-state index is 0.0120. The molecule has 1 aromatic rings. The molecule has 1 saturated heterocycles. The maximum absolute atomic E-state index is 12.6. The van der Waals surface area contributed by atoms with E-state index in [9.17, 15) is 14.4 Å². The molecule has 0 spiro atoms. The summed E-state index contributed by atoms with van der Waals surface area (Å²) in [6.07, 6.45) is 5.27. The Balaban J connectivity index is 1.71. The number of likely N-dealkylation sites (tertiary alicyclic amines) is 1. The molecule has 0 unspecified atom stereocenters. The van der Waals surface area contributed by atoms with Gasteiger partial charge in [0, 0.05) is 38.9 Å². The van der Waals surface area contributed by atoms with Gasteiger partial charge in [-0.05, 0) is 30.6 Å². The first kappa shape index (κ1) is 17.9. The maximum Gasteiger partial charge on any atom is 0.328 e. The predicted octanol–water partition coefficient (Wildman–Crippen LogP) is 0.560. The highest BCUT2D eigenvalue weighted by Gasteiger charge is 2.37. The summed E-state index contributed by atoms with van der Waals surface area (Å²) < 4.78 is 1.22. The lowest BCUT2D eigenvalue weighted by Crippen LogP contribution is -2.45. The van der Waals surface area contributed by atoms with Crippen LogP contribution in [0.2, 0.25) is 0 Å². The largest absolute Gasteiger partial charge is 0.347 e. The van der Waals surface area contributed by atoms with Crippen molar-refractivity contribution in [3.05, 3.63) is 32.6 Å². The number of nitrogens with zero attached hydrogens (tertiary/aromatic N) is 2. The molecule has 2 atom stereocenters. The van der Waals surface area contributed by atoms with Crippen molar-refractivity contribution in [1.82, 2.24) is 19.8 Å². The van der Waals surface area contributed by atoms with Crippen LogP contribution in [0.3, 0.4) is 0 Å². The molecular weight excluding hydrogens is 320 g/mol. The molecule has 138 valence electrons.